The molecule has 2 amide bonds. The van der Waals surface area contributed by atoms with Gasteiger partial charge in [0, 0.05) is 25.0 Å². The first-order valence-electron chi connectivity index (χ1n) is 5.65. The van der Waals surface area contributed by atoms with Gasteiger partial charge in [0.15, 0.2) is 0 Å². The summed E-state index contributed by atoms with van der Waals surface area (Å²) in [5.41, 5.74) is 2.83. The van der Waals surface area contributed by atoms with Crippen molar-refractivity contribution < 1.29 is 9.53 Å². The molecule has 1 aromatic rings. The molecule has 2 rings (SSSR count). The predicted octanol–water partition coefficient (Wildman–Crippen LogP) is 1.34. The van der Waals surface area contributed by atoms with Gasteiger partial charge in [-0.3, -0.25) is 0 Å². The first-order valence-corrected chi connectivity index (χ1v) is 6.53. The predicted molar refractivity (Wildman–Crippen MR) is 66.1 cm³/mol. The zero-order chi connectivity index (χ0) is 12.3. The van der Waals surface area contributed by atoms with E-state index in [1.807, 2.05) is 24.4 Å². The SMILES string of the molecule is Cc1ncsc1CN(C)C(=O)N1CCOCC1. The van der Waals surface area contributed by atoms with Crippen LogP contribution >= 0.6 is 11.3 Å². The van der Waals surface area contributed by atoms with Gasteiger partial charge in [0.05, 0.1) is 31.0 Å². The van der Waals surface area contributed by atoms with E-state index in [9.17, 15) is 4.79 Å². The molecule has 17 heavy (non-hydrogen) atoms. The molecule has 0 aliphatic carbocycles. The van der Waals surface area contributed by atoms with E-state index in [4.69, 9.17) is 4.74 Å². The van der Waals surface area contributed by atoms with E-state index in [1.54, 1.807) is 16.2 Å². The summed E-state index contributed by atoms with van der Waals surface area (Å²) in [4.78, 5) is 21.0. The number of aryl methyl sites for hydroxylation is 1. The second kappa shape index (κ2) is 5.46. The van der Waals surface area contributed by atoms with E-state index in [0.717, 1.165) is 10.6 Å². The molecule has 1 aliphatic rings. The quantitative estimate of drug-likeness (QED) is 0.801. The highest BCUT2D eigenvalue weighted by Crippen LogP contribution is 2.15. The summed E-state index contributed by atoms with van der Waals surface area (Å²) in [6.07, 6.45) is 0. The molecule has 0 bridgehead atoms. The summed E-state index contributed by atoms with van der Waals surface area (Å²) in [7, 11) is 1.83. The maximum atomic E-state index is 12.1. The number of thiazole rings is 1. The summed E-state index contributed by atoms with van der Waals surface area (Å²) in [6.45, 7) is 5.25. The second-order valence-corrected chi connectivity index (χ2v) is 5.04. The number of urea groups is 1. The van der Waals surface area contributed by atoms with Crippen molar-refractivity contribution in [3.05, 3.63) is 16.1 Å². The number of carbonyl (C=O) groups excluding carboxylic acids is 1. The number of amides is 2. The van der Waals surface area contributed by atoms with Crippen molar-refractivity contribution in [2.45, 2.75) is 13.5 Å². The zero-order valence-corrected chi connectivity index (χ0v) is 11.0. The van der Waals surface area contributed by atoms with Crippen molar-refractivity contribution in [2.75, 3.05) is 33.4 Å². The highest BCUT2D eigenvalue weighted by atomic mass is 32.1. The normalized spacial score (nSPS) is 16.0. The molecule has 1 saturated heterocycles. The number of morpholine rings is 1. The van der Waals surface area contributed by atoms with Crippen molar-refractivity contribution in [2.24, 2.45) is 0 Å². The van der Waals surface area contributed by atoms with Crippen LogP contribution in [0.1, 0.15) is 10.6 Å². The van der Waals surface area contributed by atoms with Crippen LogP contribution in [0.2, 0.25) is 0 Å². The molecule has 6 heteroatoms. The van der Waals surface area contributed by atoms with Crippen LogP contribution in [0, 0.1) is 6.92 Å². The molecule has 0 atom stereocenters. The Morgan fingerprint density at radius 1 is 1.59 bits per heavy atom. The number of nitrogens with zero attached hydrogens (tertiary/aromatic N) is 3. The third-order valence-corrected chi connectivity index (χ3v) is 3.75. The van der Waals surface area contributed by atoms with Crippen LogP contribution in [0.25, 0.3) is 0 Å². The Bertz CT molecular complexity index is 388. The maximum Gasteiger partial charge on any atom is 0.320 e. The Morgan fingerprint density at radius 3 is 2.88 bits per heavy atom. The van der Waals surface area contributed by atoms with E-state index in [-0.39, 0.29) is 6.03 Å². The Labute approximate surface area is 105 Å². The smallest absolute Gasteiger partial charge is 0.320 e. The van der Waals surface area contributed by atoms with Crippen molar-refractivity contribution in [1.82, 2.24) is 14.8 Å². The highest BCUT2D eigenvalue weighted by molar-refractivity contribution is 7.09. The molecule has 94 valence electrons. The standard InChI is InChI=1S/C11H17N3O2S/c1-9-10(17-8-12-9)7-13(2)11(15)14-3-5-16-6-4-14/h8H,3-7H2,1-2H3. The number of rotatable bonds is 2. The molecule has 5 nitrogen and oxygen atoms in total. The summed E-state index contributed by atoms with van der Waals surface area (Å²) in [6, 6.07) is 0.0705. The number of hydrogen-bond acceptors (Lipinski definition) is 4. The molecular formula is C11H17N3O2S. The molecule has 0 saturated carbocycles. The number of carbonyl (C=O) groups is 1. The monoisotopic (exact) mass is 255 g/mol. The highest BCUT2D eigenvalue weighted by Gasteiger charge is 2.21. The molecule has 0 spiro atoms. The van der Waals surface area contributed by atoms with Gasteiger partial charge >= 0.3 is 6.03 Å². The molecular weight excluding hydrogens is 238 g/mol. The van der Waals surface area contributed by atoms with Crippen LogP contribution in [-0.2, 0) is 11.3 Å². The van der Waals surface area contributed by atoms with Crippen molar-refractivity contribution in [1.29, 1.82) is 0 Å². The fourth-order valence-electron chi connectivity index (χ4n) is 1.76. The van der Waals surface area contributed by atoms with Crippen LogP contribution in [0.15, 0.2) is 5.51 Å². The minimum Gasteiger partial charge on any atom is -0.378 e. The Morgan fingerprint density at radius 2 is 2.29 bits per heavy atom. The van der Waals surface area contributed by atoms with E-state index in [1.165, 1.54) is 0 Å². The van der Waals surface area contributed by atoms with Crippen LogP contribution in [0.5, 0.6) is 0 Å². The largest absolute Gasteiger partial charge is 0.378 e. The molecule has 2 heterocycles. The van der Waals surface area contributed by atoms with Gasteiger partial charge in [0.1, 0.15) is 0 Å². The Balaban J connectivity index is 1.93. The minimum atomic E-state index is 0.0705. The van der Waals surface area contributed by atoms with Crippen LogP contribution in [0.4, 0.5) is 4.79 Å². The van der Waals surface area contributed by atoms with Gasteiger partial charge in [-0.15, -0.1) is 11.3 Å². The van der Waals surface area contributed by atoms with E-state index in [2.05, 4.69) is 4.98 Å². The van der Waals surface area contributed by atoms with Crippen molar-refractivity contribution in [3.8, 4) is 0 Å². The van der Waals surface area contributed by atoms with Crippen molar-refractivity contribution in [3.63, 3.8) is 0 Å². The fourth-order valence-corrected chi connectivity index (χ4v) is 2.59. The van der Waals surface area contributed by atoms with Gasteiger partial charge in [0.2, 0.25) is 0 Å². The van der Waals surface area contributed by atoms with Gasteiger partial charge in [-0.1, -0.05) is 0 Å². The molecule has 1 fully saturated rings. The van der Waals surface area contributed by atoms with E-state index >= 15 is 0 Å². The van der Waals surface area contributed by atoms with Crippen LogP contribution < -0.4 is 0 Å². The van der Waals surface area contributed by atoms with E-state index in [0.29, 0.717) is 32.8 Å². The van der Waals surface area contributed by atoms with Crippen molar-refractivity contribution >= 4 is 17.4 Å². The molecule has 1 aliphatic heterocycles. The summed E-state index contributed by atoms with van der Waals surface area (Å²) < 4.78 is 5.23. The molecule has 0 unspecified atom stereocenters. The summed E-state index contributed by atoms with van der Waals surface area (Å²) in [5, 5.41) is 0. The lowest BCUT2D eigenvalue weighted by molar-refractivity contribution is 0.0448. The van der Waals surface area contributed by atoms with Gasteiger partial charge in [-0.25, -0.2) is 9.78 Å². The molecule has 0 N–H and O–H groups in total. The molecule has 0 radical (unpaired) electrons. The van der Waals surface area contributed by atoms with Crippen LogP contribution in [0.3, 0.4) is 0 Å². The summed E-state index contributed by atoms with van der Waals surface area (Å²) in [5.74, 6) is 0. The minimum absolute atomic E-state index is 0.0705. The molecule has 0 aromatic carbocycles. The summed E-state index contributed by atoms with van der Waals surface area (Å²) >= 11 is 1.59. The number of aromatic nitrogens is 1. The zero-order valence-electron chi connectivity index (χ0n) is 10.2. The average Bonchev–Trinajstić information content (AvgIpc) is 2.75. The lowest BCUT2D eigenvalue weighted by Crippen LogP contribution is -2.46. The van der Waals surface area contributed by atoms with Gasteiger partial charge < -0.3 is 14.5 Å². The first kappa shape index (κ1) is 12.3. The Kier molecular flexibility index (Phi) is 3.96. The number of ether oxygens (including phenoxy) is 1. The average molecular weight is 255 g/mol. The van der Waals surface area contributed by atoms with Gasteiger partial charge in [-0.05, 0) is 6.92 Å². The topological polar surface area (TPSA) is 45.7 Å². The molecule has 1 aromatic heterocycles. The second-order valence-electron chi connectivity index (χ2n) is 4.10. The lowest BCUT2D eigenvalue weighted by Gasteiger charge is -2.30. The van der Waals surface area contributed by atoms with Gasteiger partial charge in [0.25, 0.3) is 0 Å². The first-order chi connectivity index (χ1) is 8.18. The lowest BCUT2D eigenvalue weighted by atomic mass is 10.3. The third-order valence-electron chi connectivity index (χ3n) is 2.83. The van der Waals surface area contributed by atoms with E-state index < -0.39 is 0 Å². The third kappa shape index (κ3) is 2.95. The fraction of sp³-hybridized carbons (Fsp3) is 0.636. The Hall–Kier alpha value is -1.14. The number of hydrogen-bond donors (Lipinski definition) is 0. The van der Waals surface area contributed by atoms with Crippen LogP contribution in [-0.4, -0.2) is 54.2 Å². The van der Waals surface area contributed by atoms with Gasteiger partial charge in [-0.2, -0.15) is 0 Å². The maximum absolute atomic E-state index is 12.1.